The zero-order chi connectivity index (χ0) is 29.3. The topological polar surface area (TPSA) is 142 Å². The molecule has 3 unspecified atom stereocenters. The molecule has 2 aliphatic heterocycles. The molecule has 10 nitrogen and oxygen atoms in total. The quantitative estimate of drug-likeness (QED) is 0.299. The molecule has 218 valence electrons. The van der Waals surface area contributed by atoms with Crippen LogP contribution in [-0.4, -0.2) is 64.4 Å². The smallest absolute Gasteiger partial charge is 0.307 e. The minimum Gasteiger partial charge on any atom is -0.487 e. The summed E-state index contributed by atoms with van der Waals surface area (Å²) in [4.78, 5) is 43.3. The predicted octanol–water partition coefficient (Wildman–Crippen LogP) is 3.41. The van der Waals surface area contributed by atoms with Crippen molar-refractivity contribution < 1.29 is 24.2 Å². The second-order valence-electron chi connectivity index (χ2n) is 11.1. The van der Waals surface area contributed by atoms with E-state index in [1.165, 1.54) is 5.01 Å². The number of nitrogens with two attached hydrogens (primary N) is 2. The lowest BCUT2D eigenvalue weighted by molar-refractivity contribution is -0.153. The fourth-order valence-electron chi connectivity index (χ4n) is 6.43. The van der Waals surface area contributed by atoms with Crippen LogP contribution in [0.25, 0.3) is 0 Å². The van der Waals surface area contributed by atoms with Crippen molar-refractivity contribution in [3.05, 3.63) is 75.0 Å². The molecule has 1 saturated carbocycles. The number of carboxylic acids is 1. The summed E-state index contributed by atoms with van der Waals surface area (Å²) >= 11 is 3.69. The van der Waals surface area contributed by atoms with Crippen molar-refractivity contribution in [1.82, 2.24) is 14.8 Å². The summed E-state index contributed by atoms with van der Waals surface area (Å²) in [5.74, 6) is 3.75. The van der Waals surface area contributed by atoms with Crippen molar-refractivity contribution in [3.8, 4) is 5.75 Å². The molecule has 3 atom stereocenters. The summed E-state index contributed by atoms with van der Waals surface area (Å²) in [7, 11) is 1.66. The highest BCUT2D eigenvalue weighted by atomic mass is 79.9. The molecule has 2 aromatic rings. The Morgan fingerprint density at radius 2 is 1.90 bits per heavy atom. The monoisotopic (exact) mass is 625 g/mol. The number of benzene rings is 2. The molecule has 5 rings (SSSR count). The predicted molar refractivity (Wildman–Crippen MR) is 156 cm³/mol. The van der Waals surface area contributed by atoms with Gasteiger partial charge in [-0.2, -0.15) is 0 Å². The number of amides is 2. The second-order valence-corrected chi connectivity index (χ2v) is 11.9. The first-order valence-corrected chi connectivity index (χ1v) is 14.7. The molecule has 0 bridgehead atoms. The molecule has 0 saturated heterocycles. The zero-order valence-corrected chi connectivity index (χ0v) is 24.7. The van der Waals surface area contributed by atoms with E-state index < -0.39 is 23.8 Å². The highest BCUT2D eigenvalue weighted by Crippen LogP contribution is 2.43. The standard InChI is InChI=1S/C30H36BrN5O5/c1-34(33)15-19(32)17-41-26-11-10-24(31)23-12-13-36(29(38)21-8-4-5-9-22(21)30(39)40)25(27(23)26)16-35-14-18-6-2-3-7-20(18)28(35)37/h2-3,6-7,10-11,15,21-22,25H,4-5,8-9,12-14,16-17,32-33H2,1H3,(H,39,40)/b19-15-. The highest BCUT2D eigenvalue weighted by molar-refractivity contribution is 9.10. The van der Waals surface area contributed by atoms with Crippen LogP contribution in [0.4, 0.5) is 0 Å². The normalized spacial score (nSPS) is 22.3. The van der Waals surface area contributed by atoms with Gasteiger partial charge in [-0.05, 0) is 48.6 Å². The third kappa shape index (κ3) is 5.92. The van der Waals surface area contributed by atoms with Gasteiger partial charge in [0.2, 0.25) is 5.91 Å². The molecule has 0 radical (unpaired) electrons. The molecule has 2 aromatic carbocycles. The van der Waals surface area contributed by atoms with E-state index in [1.54, 1.807) is 23.0 Å². The van der Waals surface area contributed by atoms with Crippen LogP contribution in [0.5, 0.6) is 5.75 Å². The van der Waals surface area contributed by atoms with Gasteiger partial charge in [0.1, 0.15) is 12.4 Å². The molecule has 1 aliphatic carbocycles. The summed E-state index contributed by atoms with van der Waals surface area (Å²) in [5.41, 5.74) is 9.94. The first-order valence-electron chi connectivity index (χ1n) is 13.9. The van der Waals surface area contributed by atoms with Gasteiger partial charge in [-0.1, -0.05) is 47.0 Å². The first-order chi connectivity index (χ1) is 19.7. The van der Waals surface area contributed by atoms with Crippen molar-refractivity contribution in [3.63, 3.8) is 0 Å². The Kier molecular flexibility index (Phi) is 8.55. The molecule has 1 fully saturated rings. The van der Waals surface area contributed by atoms with Gasteiger partial charge in [0.25, 0.3) is 5.91 Å². The van der Waals surface area contributed by atoms with Crippen LogP contribution >= 0.6 is 15.9 Å². The Bertz CT molecular complexity index is 1380. The number of carbonyl (C=O) groups excluding carboxylic acids is 2. The molecule has 2 heterocycles. The second kappa shape index (κ2) is 12.1. The number of carboxylic acid groups (broad SMARTS) is 1. The molecule has 5 N–H and O–H groups in total. The van der Waals surface area contributed by atoms with Crippen LogP contribution in [0.2, 0.25) is 0 Å². The number of nitrogens with zero attached hydrogens (tertiary/aromatic N) is 3. The Morgan fingerprint density at radius 3 is 2.61 bits per heavy atom. The Labute approximate surface area is 248 Å². The number of hydrogen-bond acceptors (Lipinski definition) is 7. The Morgan fingerprint density at radius 1 is 1.17 bits per heavy atom. The third-order valence-corrected chi connectivity index (χ3v) is 9.05. The molecular formula is C30H36BrN5O5. The number of hydrazine groups is 1. The Hall–Kier alpha value is -3.57. The number of hydrogen-bond donors (Lipinski definition) is 3. The molecule has 41 heavy (non-hydrogen) atoms. The third-order valence-electron chi connectivity index (χ3n) is 8.31. The van der Waals surface area contributed by atoms with Gasteiger partial charge in [0.05, 0.1) is 23.6 Å². The SMILES string of the molecule is CN(N)/C=C(\N)COc1ccc(Br)c2c1C(CN1Cc3ccccc3C1=O)N(C(=O)C1CCCCC1C(=O)O)CC2. The lowest BCUT2D eigenvalue weighted by Gasteiger charge is -2.43. The van der Waals surface area contributed by atoms with E-state index in [4.69, 9.17) is 16.3 Å². The number of ether oxygens (including phenoxy) is 1. The lowest BCUT2D eigenvalue weighted by Crippen LogP contribution is -2.50. The van der Waals surface area contributed by atoms with Gasteiger partial charge in [-0.15, -0.1) is 0 Å². The van der Waals surface area contributed by atoms with Crippen molar-refractivity contribution in [1.29, 1.82) is 0 Å². The zero-order valence-electron chi connectivity index (χ0n) is 23.1. The van der Waals surface area contributed by atoms with Crippen LogP contribution in [-0.2, 0) is 22.6 Å². The van der Waals surface area contributed by atoms with Crippen LogP contribution in [0, 0.1) is 11.8 Å². The van der Waals surface area contributed by atoms with Crippen molar-refractivity contribution in [2.24, 2.45) is 23.4 Å². The van der Waals surface area contributed by atoms with Crippen molar-refractivity contribution in [2.75, 3.05) is 26.7 Å². The number of aliphatic carboxylic acids is 1. The van der Waals surface area contributed by atoms with E-state index in [2.05, 4.69) is 15.9 Å². The fraction of sp³-hybridized carbons (Fsp3) is 0.433. The summed E-state index contributed by atoms with van der Waals surface area (Å²) in [5, 5.41) is 11.3. The average molecular weight is 627 g/mol. The molecule has 0 aromatic heterocycles. The minimum absolute atomic E-state index is 0.0775. The summed E-state index contributed by atoms with van der Waals surface area (Å²) in [6.07, 6.45) is 4.76. The summed E-state index contributed by atoms with van der Waals surface area (Å²) < 4.78 is 7.09. The largest absolute Gasteiger partial charge is 0.487 e. The van der Waals surface area contributed by atoms with Crippen molar-refractivity contribution >= 4 is 33.7 Å². The van der Waals surface area contributed by atoms with Crippen LogP contribution < -0.4 is 16.3 Å². The van der Waals surface area contributed by atoms with E-state index in [-0.39, 0.29) is 25.0 Å². The van der Waals surface area contributed by atoms with Gasteiger partial charge >= 0.3 is 5.97 Å². The molecule has 2 amide bonds. The van der Waals surface area contributed by atoms with Gasteiger partial charge in [-0.3, -0.25) is 14.4 Å². The number of fused-ring (bicyclic) bond motifs is 2. The molecule has 3 aliphatic rings. The lowest BCUT2D eigenvalue weighted by atomic mass is 9.77. The first kappa shape index (κ1) is 28.9. The van der Waals surface area contributed by atoms with Gasteiger partial charge in [-0.25, -0.2) is 5.84 Å². The van der Waals surface area contributed by atoms with Gasteiger partial charge < -0.3 is 30.4 Å². The number of rotatable bonds is 8. The van der Waals surface area contributed by atoms with Crippen LogP contribution in [0.3, 0.4) is 0 Å². The number of carbonyl (C=O) groups is 3. The highest BCUT2D eigenvalue weighted by Gasteiger charge is 2.44. The van der Waals surface area contributed by atoms with E-state index in [0.717, 1.165) is 34.0 Å². The fourth-order valence-corrected chi connectivity index (χ4v) is 6.97. The van der Waals surface area contributed by atoms with Crippen LogP contribution in [0.1, 0.15) is 58.8 Å². The van der Waals surface area contributed by atoms with E-state index >= 15 is 0 Å². The summed E-state index contributed by atoms with van der Waals surface area (Å²) in [6.45, 7) is 1.18. The van der Waals surface area contributed by atoms with E-state index in [0.29, 0.717) is 49.4 Å². The minimum atomic E-state index is -0.930. The molecular weight excluding hydrogens is 590 g/mol. The molecule has 0 spiro atoms. The van der Waals surface area contributed by atoms with Gasteiger partial charge in [0, 0.05) is 48.5 Å². The van der Waals surface area contributed by atoms with Crippen LogP contribution in [0.15, 0.2) is 52.8 Å². The van der Waals surface area contributed by atoms with E-state index in [9.17, 15) is 19.5 Å². The van der Waals surface area contributed by atoms with Gasteiger partial charge in [0.15, 0.2) is 0 Å². The maximum Gasteiger partial charge on any atom is 0.307 e. The maximum absolute atomic E-state index is 14.2. The average Bonchev–Trinajstić information content (AvgIpc) is 3.27. The maximum atomic E-state index is 14.2. The van der Waals surface area contributed by atoms with Crippen molar-refractivity contribution in [2.45, 2.75) is 44.7 Å². The van der Waals surface area contributed by atoms with E-state index in [1.807, 2.05) is 36.4 Å². The molecule has 11 heteroatoms. The number of halogens is 1. The Balaban J connectivity index is 1.53. The summed E-state index contributed by atoms with van der Waals surface area (Å²) in [6, 6.07) is 10.7.